The first-order chi connectivity index (χ1) is 9.22. The van der Waals surface area contributed by atoms with Gasteiger partial charge in [0.2, 0.25) is 0 Å². The second-order valence-electron chi connectivity index (χ2n) is 7.42. The van der Waals surface area contributed by atoms with E-state index < -0.39 is 0 Å². The van der Waals surface area contributed by atoms with Crippen LogP contribution in [0.5, 0.6) is 0 Å². The first-order valence-corrected chi connectivity index (χ1v) is 8.43. The van der Waals surface area contributed by atoms with Crippen LogP contribution in [0.25, 0.3) is 0 Å². The smallest absolute Gasteiger partial charge is 0.137 e. The van der Waals surface area contributed by atoms with Crippen molar-refractivity contribution in [2.24, 2.45) is 23.7 Å². The summed E-state index contributed by atoms with van der Waals surface area (Å²) in [4.78, 5) is 14.6. The van der Waals surface area contributed by atoms with Crippen molar-refractivity contribution in [2.45, 2.75) is 57.8 Å². The Bertz CT molecular complexity index is 327. The van der Waals surface area contributed by atoms with E-state index in [2.05, 4.69) is 11.9 Å². The number of hydrogen-bond donors (Lipinski definition) is 0. The third kappa shape index (κ3) is 3.21. The topological polar surface area (TPSA) is 20.3 Å². The van der Waals surface area contributed by atoms with Crippen LogP contribution in [0.15, 0.2) is 0 Å². The Hall–Kier alpha value is -0.370. The highest BCUT2D eigenvalue weighted by atomic mass is 16.1. The molecule has 0 N–H and O–H groups in total. The fraction of sp³-hybridized carbons (Fsp3) is 0.941. The lowest BCUT2D eigenvalue weighted by Crippen LogP contribution is -2.34. The molecule has 3 saturated carbocycles. The molecular weight excluding hydrogens is 234 g/mol. The largest absolute Gasteiger partial charge is 0.305 e. The molecule has 0 aromatic rings. The Labute approximate surface area is 117 Å². The molecule has 3 aliphatic carbocycles. The highest BCUT2D eigenvalue weighted by Gasteiger charge is 2.39. The normalized spacial score (nSPS) is 38.9. The van der Waals surface area contributed by atoms with Gasteiger partial charge in [0.25, 0.3) is 0 Å². The van der Waals surface area contributed by atoms with Gasteiger partial charge in [-0.1, -0.05) is 19.3 Å². The molecule has 2 nitrogen and oxygen atoms in total. The molecule has 3 aliphatic rings. The molecule has 0 amide bonds. The van der Waals surface area contributed by atoms with Crippen molar-refractivity contribution >= 4 is 5.78 Å². The van der Waals surface area contributed by atoms with Gasteiger partial charge in [0.15, 0.2) is 0 Å². The van der Waals surface area contributed by atoms with Crippen molar-refractivity contribution in [1.82, 2.24) is 4.90 Å². The summed E-state index contributed by atoms with van der Waals surface area (Å²) in [6.45, 7) is 2.26. The van der Waals surface area contributed by atoms with Crippen molar-refractivity contribution in [3.8, 4) is 0 Å². The predicted molar refractivity (Wildman–Crippen MR) is 78.0 cm³/mol. The second kappa shape index (κ2) is 5.95. The van der Waals surface area contributed by atoms with E-state index in [1.165, 1.54) is 45.1 Å². The Morgan fingerprint density at radius 3 is 2.68 bits per heavy atom. The van der Waals surface area contributed by atoms with E-state index in [1.54, 1.807) is 0 Å². The maximum atomic E-state index is 12.1. The van der Waals surface area contributed by atoms with E-state index in [1.807, 2.05) is 0 Å². The monoisotopic (exact) mass is 263 g/mol. The van der Waals surface area contributed by atoms with Crippen molar-refractivity contribution in [1.29, 1.82) is 0 Å². The summed E-state index contributed by atoms with van der Waals surface area (Å²) in [5.74, 6) is 3.87. The molecule has 0 saturated heterocycles. The van der Waals surface area contributed by atoms with Crippen molar-refractivity contribution in [3.05, 3.63) is 0 Å². The van der Waals surface area contributed by atoms with Gasteiger partial charge in [0, 0.05) is 25.4 Å². The average Bonchev–Trinajstić information content (AvgIpc) is 2.93. The zero-order valence-corrected chi connectivity index (χ0v) is 12.4. The fourth-order valence-electron chi connectivity index (χ4n) is 4.88. The highest BCUT2D eigenvalue weighted by Crippen LogP contribution is 2.48. The number of Topliss-reactive ketones (excluding diaryl/α,β-unsaturated/α-hetero) is 1. The molecule has 3 fully saturated rings. The van der Waals surface area contributed by atoms with Crippen LogP contribution in [-0.2, 0) is 4.79 Å². The number of hydrogen-bond acceptors (Lipinski definition) is 2. The zero-order valence-electron chi connectivity index (χ0n) is 12.4. The summed E-state index contributed by atoms with van der Waals surface area (Å²) >= 11 is 0. The summed E-state index contributed by atoms with van der Waals surface area (Å²) in [6, 6.07) is 0. The summed E-state index contributed by atoms with van der Waals surface area (Å²) in [7, 11) is 2.24. The molecule has 2 heteroatoms. The Morgan fingerprint density at radius 2 is 1.95 bits per heavy atom. The molecule has 4 atom stereocenters. The van der Waals surface area contributed by atoms with Gasteiger partial charge in [0.05, 0.1) is 0 Å². The van der Waals surface area contributed by atoms with Crippen LogP contribution in [-0.4, -0.2) is 30.8 Å². The average molecular weight is 263 g/mol. The van der Waals surface area contributed by atoms with Crippen molar-refractivity contribution in [2.75, 3.05) is 20.1 Å². The van der Waals surface area contributed by atoms with Gasteiger partial charge in [-0.05, 0) is 56.9 Å². The zero-order chi connectivity index (χ0) is 13.2. The second-order valence-corrected chi connectivity index (χ2v) is 7.42. The summed E-state index contributed by atoms with van der Waals surface area (Å²) < 4.78 is 0. The lowest BCUT2D eigenvalue weighted by Gasteiger charge is -2.29. The number of nitrogens with zero attached hydrogens (tertiary/aromatic N) is 1. The third-order valence-electron chi connectivity index (χ3n) is 5.89. The van der Waals surface area contributed by atoms with E-state index in [-0.39, 0.29) is 0 Å². The van der Waals surface area contributed by atoms with E-state index in [4.69, 9.17) is 0 Å². The predicted octanol–water partition coefficient (Wildman–Crippen LogP) is 3.50. The van der Waals surface area contributed by atoms with Crippen molar-refractivity contribution in [3.63, 3.8) is 0 Å². The van der Waals surface area contributed by atoms with E-state index in [0.29, 0.717) is 11.7 Å². The van der Waals surface area contributed by atoms with Crippen LogP contribution in [0, 0.1) is 23.7 Å². The van der Waals surface area contributed by atoms with Gasteiger partial charge in [-0.3, -0.25) is 4.79 Å². The molecule has 4 unspecified atom stereocenters. The summed E-state index contributed by atoms with van der Waals surface area (Å²) in [5, 5.41) is 0. The third-order valence-corrected chi connectivity index (χ3v) is 5.89. The maximum Gasteiger partial charge on any atom is 0.137 e. The molecule has 0 heterocycles. The lowest BCUT2D eigenvalue weighted by atomic mass is 9.88. The van der Waals surface area contributed by atoms with E-state index >= 15 is 0 Å². The van der Waals surface area contributed by atoms with Crippen LogP contribution < -0.4 is 0 Å². The van der Waals surface area contributed by atoms with Crippen LogP contribution >= 0.6 is 0 Å². The molecule has 108 valence electrons. The number of fused-ring (bicyclic) bond motifs is 2. The Kier molecular flexibility index (Phi) is 4.26. The van der Waals surface area contributed by atoms with Gasteiger partial charge in [0.1, 0.15) is 5.78 Å². The molecule has 0 aliphatic heterocycles. The van der Waals surface area contributed by atoms with Gasteiger partial charge in [-0.25, -0.2) is 0 Å². The van der Waals surface area contributed by atoms with E-state index in [0.717, 1.165) is 43.6 Å². The van der Waals surface area contributed by atoms with Gasteiger partial charge in [-0.15, -0.1) is 0 Å². The minimum absolute atomic E-state index is 0.339. The Balaban J connectivity index is 1.47. The molecule has 0 spiro atoms. The van der Waals surface area contributed by atoms with Gasteiger partial charge < -0.3 is 4.90 Å². The lowest BCUT2D eigenvalue weighted by molar-refractivity contribution is -0.123. The Morgan fingerprint density at radius 1 is 1.05 bits per heavy atom. The molecular formula is C17H29NO. The molecule has 0 aromatic carbocycles. The highest BCUT2D eigenvalue weighted by molar-refractivity contribution is 5.81. The molecule has 2 bridgehead atoms. The maximum absolute atomic E-state index is 12.1. The summed E-state index contributed by atoms with van der Waals surface area (Å²) in [6.07, 6.45) is 11.6. The van der Waals surface area contributed by atoms with Crippen LogP contribution in [0.1, 0.15) is 57.8 Å². The van der Waals surface area contributed by atoms with Crippen LogP contribution in [0.4, 0.5) is 0 Å². The van der Waals surface area contributed by atoms with Gasteiger partial charge in [-0.2, -0.15) is 0 Å². The minimum atomic E-state index is 0.339. The van der Waals surface area contributed by atoms with Gasteiger partial charge >= 0.3 is 0 Å². The first-order valence-electron chi connectivity index (χ1n) is 8.43. The number of carbonyl (C=O) groups is 1. The SMILES string of the molecule is CN(CC1CCCCCC1=O)CC1CC2CCC1C2. The fourth-order valence-corrected chi connectivity index (χ4v) is 4.88. The molecule has 0 aromatic heterocycles. The minimum Gasteiger partial charge on any atom is -0.305 e. The molecule has 19 heavy (non-hydrogen) atoms. The van der Waals surface area contributed by atoms with Crippen LogP contribution in [0.2, 0.25) is 0 Å². The first kappa shape index (κ1) is 13.6. The number of rotatable bonds is 4. The molecule has 0 radical (unpaired) electrons. The van der Waals surface area contributed by atoms with E-state index in [9.17, 15) is 4.79 Å². The molecule has 3 rings (SSSR count). The standard InChI is InChI=1S/C17H29NO/c1-18(11-15-5-3-2-4-6-17(15)19)12-16-10-13-7-8-14(16)9-13/h13-16H,2-12H2,1H3. The number of ketones is 1. The van der Waals surface area contributed by atoms with Crippen LogP contribution in [0.3, 0.4) is 0 Å². The quantitative estimate of drug-likeness (QED) is 0.724. The summed E-state index contributed by atoms with van der Waals surface area (Å²) in [5.41, 5.74) is 0. The number of carbonyl (C=O) groups excluding carboxylic acids is 1. The van der Waals surface area contributed by atoms with Crippen molar-refractivity contribution < 1.29 is 4.79 Å².